The van der Waals surface area contributed by atoms with Crippen molar-refractivity contribution >= 4 is 31.9 Å². The summed E-state index contributed by atoms with van der Waals surface area (Å²) in [6, 6.07) is 3.03. The lowest BCUT2D eigenvalue weighted by Crippen LogP contribution is -2.28. The highest BCUT2D eigenvalue weighted by Crippen LogP contribution is 2.30. The molecule has 0 saturated carbocycles. The lowest BCUT2D eigenvalue weighted by Gasteiger charge is -2.15. The minimum atomic E-state index is -3.93. The number of nitrogens with zero attached hydrogens (tertiary/aromatic N) is 1. The number of halogens is 1. The lowest BCUT2D eigenvalue weighted by atomic mass is 10.2. The van der Waals surface area contributed by atoms with Gasteiger partial charge in [0.25, 0.3) is 5.91 Å². The number of likely N-dealkylation sites (N-methyl/N-ethyl adjacent to an activating group) is 1. The number of rotatable bonds is 4. The van der Waals surface area contributed by atoms with E-state index in [1.54, 1.807) is 27.1 Å². The number of benzene rings is 1. The zero-order chi connectivity index (χ0) is 14.8. The van der Waals surface area contributed by atoms with E-state index in [4.69, 9.17) is 9.88 Å². The number of carbonyl (C=O) groups excluding carboxylic acids is 1. The topological polar surface area (TPSA) is 89.7 Å². The number of amides is 1. The van der Waals surface area contributed by atoms with Crippen LogP contribution in [0.3, 0.4) is 0 Å². The molecule has 0 spiro atoms. The third-order valence-corrected chi connectivity index (χ3v) is 3.72. The number of sulfonamides is 1. The van der Waals surface area contributed by atoms with Crippen LogP contribution >= 0.6 is 15.9 Å². The zero-order valence-corrected chi connectivity index (χ0v) is 13.2. The van der Waals surface area contributed by atoms with E-state index in [-0.39, 0.29) is 23.2 Å². The van der Waals surface area contributed by atoms with Crippen LogP contribution in [-0.4, -0.2) is 39.9 Å². The van der Waals surface area contributed by atoms with Gasteiger partial charge in [0.15, 0.2) is 6.61 Å². The minimum Gasteiger partial charge on any atom is -0.482 e. The highest BCUT2D eigenvalue weighted by Gasteiger charge is 2.19. The summed E-state index contributed by atoms with van der Waals surface area (Å²) in [5.74, 6) is -0.177. The molecule has 0 bridgehead atoms. The Bertz CT molecular complexity index is 599. The molecule has 19 heavy (non-hydrogen) atoms. The fraction of sp³-hybridized carbons (Fsp3) is 0.364. The molecule has 0 saturated heterocycles. The molecular formula is C11H15BrN2O4S. The van der Waals surface area contributed by atoms with Crippen LogP contribution in [0.5, 0.6) is 5.75 Å². The van der Waals surface area contributed by atoms with Crippen molar-refractivity contribution in [3.05, 3.63) is 22.2 Å². The smallest absolute Gasteiger partial charge is 0.259 e. The number of nitrogens with two attached hydrogens (primary N) is 1. The van der Waals surface area contributed by atoms with E-state index < -0.39 is 10.0 Å². The Morgan fingerprint density at radius 1 is 1.42 bits per heavy atom. The Kier molecular flexibility index (Phi) is 4.94. The molecule has 1 rings (SSSR count). The van der Waals surface area contributed by atoms with Crippen LogP contribution in [0.4, 0.5) is 0 Å². The maximum absolute atomic E-state index is 11.5. The summed E-state index contributed by atoms with van der Waals surface area (Å²) in [6.07, 6.45) is 0. The Hall–Kier alpha value is -1.12. The molecule has 0 fully saturated rings. The van der Waals surface area contributed by atoms with Gasteiger partial charge in [-0.3, -0.25) is 4.79 Å². The number of hydrogen-bond donors (Lipinski definition) is 1. The van der Waals surface area contributed by atoms with Gasteiger partial charge in [-0.25, -0.2) is 13.6 Å². The first-order valence-corrected chi connectivity index (χ1v) is 7.62. The van der Waals surface area contributed by atoms with Gasteiger partial charge < -0.3 is 9.64 Å². The van der Waals surface area contributed by atoms with Gasteiger partial charge in [0.1, 0.15) is 10.6 Å². The summed E-state index contributed by atoms with van der Waals surface area (Å²) in [4.78, 5) is 12.7. The highest BCUT2D eigenvalue weighted by molar-refractivity contribution is 9.10. The number of carbonyl (C=O) groups is 1. The Morgan fingerprint density at radius 2 is 2.00 bits per heavy atom. The molecule has 106 valence electrons. The summed E-state index contributed by atoms with van der Waals surface area (Å²) in [5, 5.41) is 5.14. The predicted molar refractivity (Wildman–Crippen MR) is 74.4 cm³/mol. The van der Waals surface area contributed by atoms with Crippen molar-refractivity contribution in [2.24, 2.45) is 5.14 Å². The monoisotopic (exact) mass is 350 g/mol. The van der Waals surface area contributed by atoms with E-state index in [2.05, 4.69) is 15.9 Å². The molecule has 0 aliphatic carbocycles. The quantitative estimate of drug-likeness (QED) is 0.872. The van der Waals surface area contributed by atoms with Crippen molar-refractivity contribution in [3.63, 3.8) is 0 Å². The van der Waals surface area contributed by atoms with Gasteiger partial charge in [-0.1, -0.05) is 15.9 Å². The largest absolute Gasteiger partial charge is 0.482 e. The summed E-state index contributed by atoms with van der Waals surface area (Å²) >= 11 is 3.19. The van der Waals surface area contributed by atoms with Crippen LogP contribution in [0.1, 0.15) is 5.56 Å². The Morgan fingerprint density at radius 3 is 2.47 bits per heavy atom. The number of primary sulfonamides is 1. The molecule has 0 heterocycles. The second-order valence-electron chi connectivity index (χ2n) is 4.17. The molecule has 1 amide bonds. The minimum absolute atomic E-state index is 0.0981. The summed E-state index contributed by atoms with van der Waals surface area (Å²) in [5.41, 5.74) is 0.574. The third kappa shape index (κ3) is 4.19. The van der Waals surface area contributed by atoms with Gasteiger partial charge in [-0.05, 0) is 24.6 Å². The van der Waals surface area contributed by atoms with Crippen molar-refractivity contribution in [1.82, 2.24) is 4.90 Å². The fourth-order valence-corrected chi connectivity index (χ4v) is 2.85. The van der Waals surface area contributed by atoms with Crippen molar-refractivity contribution in [2.45, 2.75) is 11.8 Å². The van der Waals surface area contributed by atoms with Crippen LogP contribution < -0.4 is 9.88 Å². The maximum Gasteiger partial charge on any atom is 0.259 e. The summed E-state index contributed by atoms with van der Waals surface area (Å²) in [6.45, 7) is 1.42. The highest BCUT2D eigenvalue weighted by atomic mass is 79.9. The molecule has 0 radical (unpaired) electrons. The van der Waals surface area contributed by atoms with Crippen LogP contribution in [0.15, 0.2) is 21.5 Å². The summed E-state index contributed by atoms with van der Waals surface area (Å²) in [7, 11) is -0.758. The zero-order valence-electron chi connectivity index (χ0n) is 10.8. The second-order valence-corrected chi connectivity index (χ2v) is 6.62. The standard InChI is InChI=1S/C11H15BrN2O4S/c1-7-4-8(12)5-9(19(13,16)17)11(7)18-6-10(15)14(2)3/h4-5H,6H2,1-3H3,(H2,13,16,17). The SMILES string of the molecule is Cc1cc(Br)cc(S(N)(=O)=O)c1OCC(=O)N(C)C. The van der Waals surface area contributed by atoms with E-state index in [1.165, 1.54) is 11.0 Å². The van der Waals surface area contributed by atoms with Gasteiger partial charge in [-0.15, -0.1) is 0 Å². The molecular weight excluding hydrogens is 336 g/mol. The van der Waals surface area contributed by atoms with Crippen LogP contribution in [-0.2, 0) is 14.8 Å². The van der Waals surface area contributed by atoms with E-state index in [1.807, 2.05) is 0 Å². The second kappa shape index (κ2) is 5.89. The van der Waals surface area contributed by atoms with Crippen molar-refractivity contribution in [2.75, 3.05) is 20.7 Å². The van der Waals surface area contributed by atoms with Crippen molar-refractivity contribution < 1.29 is 17.9 Å². The van der Waals surface area contributed by atoms with Gasteiger partial charge in [0.05, 0.1) is 0 Å². The van der Waals surface area contributed by atoms with E-state index in [9.17, 15) is 13.2 Å². The predicted octanol–water partition coefficient (Wildman–Crippen LogP) is 0.872. The van der Waals surface area contributed by atoms with Crippen molar-refractivity contribution in [1.29, 1.82) is 0 Å². The number of aryl methyl sites for hydroxylation is 1. The van der Waals surface area contributed by atoms with Crippen molar-refractivity contribution in [3.8, 4) is 5.75 Å². The van der Waals surface area contributed by atoms with Gasteiger partial charge in [0, 0.05) is 18.6 Å². The molecule has 1 aromatic rings. The van der Waals surface area contributed by atoms with E-state index in [0.717, 1.165) is 0 Å². The van der Waals surface area contributed by atoms with Crippen LogP contribution in [0, 0.1) is 6.92 Å². The molecule has 8 heteroatoms. The first-order chi connectivity index (χ1) is 8.62. The molecule has 0 unspecified atom stereocenters. The van der Waals surface area contributed by atoms with Crippen LogP contribution in [0.2, 0.25) is 0 Å². The van der Waals surface area contributed by atoms with Gasteiger partial charge in [0.2, 0.25) is 10.0 Å². The molecule has 1 aromatic carbocycles. The van der Waals surface area contributed by atoms with E-state index >= 15 is 0 Å². The first kappa shape index (κ1) is 15.9. The average Bonchev–Trinajstić information content (AvgIpc) is 2.25. The van der Waals surface area contributed by atoms with E-state index in [0.29, 0.717) is 10.0 Å². The van der Waals surface area contributed by atoms with Gasteiger partial charge >= 0.3 is 0 Å². The average molecular weight is 351 g/mol. The maximum atomic E-state index is 11.5. The number of ether oxygens (including phenoxy) is 1. The molecule has 0 atom stereocenters. The molecule has 6 nitrogen and oxygen atoms in total. The Labute approximate surface area is 120 Å². The summed E-state index contributed by atoms with van der Waals surface area (Å²) < 4.78 is 28.9. The molecule has 2 N–H and O–H groups in total. The number of hydrogen-bond acceptors (Lipinski definition) is 4. The first-order valence-electron chi connectivity index (χ1n) is 5.29. The van der Waals surface area contributed by atoms with Crippen LogP contribution in [0.25, 0.3) is 0 Å². The normalized spacial score (nSPS) is 11.2. The van der Waals surface area contributed by atoms with Gasteiger partial charge in [-0.2, -0.15) is 0 Å². The molecule has 0 aliphatic heterocycles. The fourth-order valence-electron chi connectivity index (χ4n) is 1.36. The molecule has 0 aliphatic rings. The third-order valence-electron chi connectivity index (χ3n) is 2.35. The Balaban J connectivity index is 3.16. The molecule has 0 aromatic heterocycles. The lowest BCUT2D eigenvalue weighted by molar-refractivity contribution is -0.130.